The normalized spacial score (nSPS) is 19.4. The maximum atomic E-state index is 12.9. The number of piperazine rings is 1. The number of hydrazine groups is 1. The predicted molar refractivity (Wildman–Crippen MR) is 119 cm³/mol. The van der Waals surface area contributed by atoms with E-state index in [9.17, 15) is 9.59 Å². The van der Waals surface area contributed by atoms with Crippen molar-refractivity contribution in [2.45, 2.75) is 6.92 Å². The highest BCUT2D eigenvalue weighted by atomic mass is 32.2. The van der Waals surface area contributed by atoms with Gasteiger partial charge in [-0.2, -0.15) is 0 Å². The van der Waals surface area contributed by atoms with Gasteiger partial charge < -0.3 is 19.1 Å². The molecule has 0 radical (unpaired) electrons. The molecule has 2 aliphatic rings. The highest BCUT2D eigenvalue weighted by molar-refractivity contribution is 8.26. The van der Waals surface area contributed by atoms with Crippen LogP contribution >= 0.6 is 24.0 Å². The maximum Gasteiger partial charge on any atom is 0.344 e. The maximum absolute atomic E-state index is 12.9. The number of benzene rings is 1. The molecule has 162 valence electrons. The van der Waals surface area contributed by atoms with Crippen molar-refractivity contribution in [3.05, 3.63) is 28.7 Å². The monoisotopic (exact) mass is 451 g/mol. The van der Waals surface area contributed by atoms with E-state index in [0.29, 0.717) is 27.3 Å². The van der Waals surface area contributed by atoms with Gasteiger partial charge in [-0.25, -0.2) is 14.8 Å². The molecule has 2 saturated heterocycles. The summed E-state index contributed by atoms with van der Waals surface area (Å²) in [6, 6.07) is 5.25. The number of ether oxygens (including phenoxy) is 3. The van der Waals surface area contributed by atoms with Crippen molar-refractivity contribution >= 4 is 46.3 Å². The molecule has 0 saturated carbocycles. The standard InChI is InChI=1S/C20H25N3O5S2/c1-4-27-18(24)13-28-15-6-5-14(11-16(15)26-3)12-17-19(25)23(20(29)30-17)22-9-7-21(2)8-10-22/h5-6,11-12H,4,7-10,13H2,1-3H3. The fraction of sp³-hybridized carbons (Fsp3) is 0.450. The summed E-state index contributed by atoms with van der Waals surface area (Å²) in [5.74, 6) is 0.322. The van der Waals surface area contributed by atoms with Crippen LogP contribution in [0.5, 0.6) is 11.5 Å². The lowest BCUT2D eigenvalue weighted by molar-refractivity contribution is -0.145. The van der Waals surface area contributed by atoms with E-state index in [1.165, 1.54) is 18.9 Å². The molecule has 0 N–H and O–H groups in total. The van der Waals surface area contributed by atoms with Crippen LogP contribution in [0.15, 0.2) is 23.1 Å². The van der Waals surface area contributed by atoms with E-state index in [4.69, 9.17) is 26.4 Å². The first-order chi connectivity index (χ1) is 14.4. The van der Waals surface area contributed by atoms with E-state index < -0.39 is 5.97 Å². The van der Waals surface area contributed by atoms with Crippen LogP contribution in [-0.4, -0.2) is 84.7 Å². The number of methoxy groups -OCH3 is 1. The smallest absolute Gasteiger partial charge is 0.344 e. The van der Waals surface area contributed by atoms with Crippen molar-refractivity contribution in [1.29, 1.82) is 0 Å². The van der Waals surface area contributed by atoms with E-state index >= 15 is 0 Å². The topological polar surface area (TPSA) is 71.6 Å². The lowest BCUT2D eigenvalue weighted by Crippen LogP contribution is -2.54. The third kappa shape index (κ3) is 5.31. The summed E-state index contributed by atoms with van der Waals surface area (Å²) in [6.07, 6.45) is 1.78. The molecule has 10 heteroatoms. The van der Waals surface area contributed by atoms with E-state index in [-0.39, 0.29) is 12.5 Å². The third-order valence-corrected chi connectivity index (χ3v) is 5.96. The molecule has 0 bridgehead atoms. The fourth-order valence-electron chi connectivity index (χ4n) is 3.08. The number of esters is 1. The van der Waals surface area contributed by atoms with Gasteiger partial charge in [-0.1, -0.05) is 30.0 Å². The first-order valence-corrected chi connectivity index (χ1v) is 10.8. The Morgan fingerprint density at radius 2 is 1.97 bits per heavy atom. The molecule has 1 aromatic rings. The fourth-order valence-corrected chi connectivity index (χ4v) is 4.39. The molecular formula is C20H25N3O5S2. The number of hydrogen-bond acceptors (Lipinski definition) is 9. The second-order valence-corrected chi connectivity index (χ2v) is 8.43. The molecule has 2 aliphatic heterocycles. The summed E-state index contributed by atoms with van der Waals surface area (Å²) >= 11 is 6.74. The van der Waals surface area contributed by atoms with Crippen LogP contribution in [0.2, 0.25) is 0 Å². The van der Waals surface area contributed by atoms with Crippen molar-refractivity contribution in [1.82, 2.24) is 14.9 Å². The highest BCUT2D eigenvalue weighted by Crippen LogP contribution is 2.35. The summed E-state index contributed by atoms with van der Waals surface area (Å²) in [5.41, 5.74) is 0.772. The minimum absolute atomic E-state index is 0.115. The largest absolute Gasteiger partial charge is 0.493 e. The molecule has 3 rings (SSSR count). The molecule has 2 fully saturated rings. The van der Waals surface area contributed by atoms with Crippen LogP contribution in [0.4, 0.5) is 0 Å². The summed E-state index contributed by atoms with van der Waals surface area (Å²) < 4.78 is 16.2. The first-order valence-electron chi connectivity index (χ1n) is 9.60. The first kappa shape index (κ1) is 22.5. The van der Waals surface area contributed by atoms with Crippen molar-refractivity contribution in [3.63, 3.8) is 0 Å². The van der Waals surface area contributed by atoms with Gasteiger partial charge in [0, 0.05) is 26.2 Å². The molecule has 2 heterocycles. The molecule has 8 nitrogen and oxygen atoms in total. The molecule has 30 heavy (non-hydrogen) atoms. The number of nitrogens with zero attached hydrogens (tertiary/aromatic N) is 3. The number of likely N-dealkylation sites (N-methyl/N-ethyl adjacent to an activating group) is 1. The van der Waals surface area contributed by atoms with Crippen molar-refractivity contribution in [2.24, 2.45) is 0 Å². The zero-order valence-corrected chi connectivity index (χ0v) is 18.9. The van der Waals surface area contributed by atoms with Gasteiger partial charge in [0.2, 0.25) is 0 Å². The van der Waals surface area contributed by atoms with Gasteiger partial charge in [-0.3, -0.25) is 4.79 Å². The van der Waals surface area contributed by atoms with Gasteiger partial charge in [-0.05, 0) is 37.7 Å². The quantitative estimate of drug-likeness (QED) is 0.352. The SMILES string of the molecule is CCOC(=O)COc1ccc(C=C2SC(=S)N(N3CCN(C)CC3)C2=O)cc1OC. The molecule has 0 aromatic heterocycles. The summed E-state index contributed by atoms with van der Waals surface area (Å²) in [6.45, 7) is 5.13. The lowest BCUT2D eigenvalue weighted by Gasteiger charge is -2.37. The zero-order valence-electron chi connectivity index (χ0n) is 17.3. The van der Waals surface area contributed by atoms with Gasteiger partial charge in [0.05, 0.1) is 18.6 Å². The number of carbonyl (C=O) groups excluding carboxylic acids is 2. The van der Waals surface area contributed by atoms with Gasteiger partial charge in [-0.15, -0.1) is 0 Å². The number of carbonyl (C=O) groups is 2. The Hall–Kier alpha value is -2.14. The molecule has 0 unspecified atom stereocenters. The van der Waals surface area contributed by atoms with Gasteiger partial charge >= 0.3 is 5.97 Å². The predicted octanol–water partition coefficient (Wildman–Crippen LogP) is 2.00. The minimum Gasteiger partial charge on any atom is -0.493 e. The Bertz CT molecular complexity index is 853. The number of hydrogen-bond donors (Lipinski definition) is 0. The lowest BCUT2D eigenvalue weighted by atomic mass is 10.2. The molecule has 1 aromatic carbocycles. The van der Waals surface area contributed by atoms with Crippen LogP contribution in [0.3, 0.4) is 0 Å². The Balaban J connectivity index is 1.72. The van der Waals surface area contributed by atoms with E-state index in [1.807, 2.05) is 5.01 Å². The highest BCUT2D eigenvalue weighted by Gasteiger charge is 2.37. The molecule has 0 spiro atoms. The van der Waals surface area contributed by atoms with Crippen molar-refractivity contribution in [3.8, 4) is 11.5 Å². The molecule has 0 atom stereocenters. The van der Waals surface area contributed by atoms with E-state index in [2.05, 4.69) is 11.9 Å². The molecular weight excluding hydrogens is 426 g/mol. The van der Waals surface area contributed by atoms with Crippen LogP contribution in [0.25, 0.3) is 6.08 Å². The minimum atomic E-state index is -0.448. The second kappa shape index (κ2) is 10.3. The third-order valence-electron chi connectivity index (χ3n) is 4.67. The van der Waals surface area contributed by atoms with Gasteiger partial charge in [0.15, 0.2) is 22.4 Å². The Morgan fingerprint density at radius 1 is 1.23 bits per heavy atom. The Kier molecular flexibility index (Phi) is 7.70. The van der Waals surface area contributed by atoms with Crippen LogP contribution < -0.4 is 9.47 Å². The van der Waals surface area contributed by atoms with E-state index in [1.54, 1.807) is 36.2 Å². The zero-order chi connectivity index (χ0) is 21.7. The Morgan fingerprint density at radius 3 is 2.63 bits per heavy atom. The van der Waals surface area contributed by atoms with Crippen molar-refractivity contribution < 1.29 is 23.8 Å². The Labute approximate surface area is 185 Å². The molecule has 0 aliphatic carbocycles. The second-order valence-electron chi connectivity index (χ2n) is 6.75. The molecule has 1 amide bonds. The summed E-state index contributed by atoms with van der Waals surface area (Å²) in [7, 11) is 3.58. The number of rotatable bonds is 7. The van der Waals surface area contributed by atoms with Crippen molar-refractivity contribution in [2.75, 3.05) is 53.6 Å². The van der Waals surface area contributed by atoms with Crippen LogP contribution in [0.1, 0.15) is 12.5 Å². The van der Waals surface area contributed by atoms with Gasteiger partial charge in [0.1, 0.15) is 0 Å². The number of thioether (sulfide) groups is 1. The van der Waals surface area contributed by atoms with Gasteiger partial charge in [0.25, 0.3) is 5.91 Å². The number of amides is 1. The van der Waals surface area contributed by atoms with Crippen LogP contribution in [0, 0.1) is 0 Å². The van der Waals surface area contributed by atoms with E-state index in [0.717, 1.165) is 31.7 Å². The summed E-state index contributed by atoms with van der Waals surface area (Å²) in [4.78, 5) is 27.2. The van der Waals surface area contributed by atoms with Crippen LogP contribution in [-0.2, 0) is 14.3 Å². The summed E-state index contributed by atoms with van der Waals surface area (Å²) in [5, 5.41) is 3.61. The number of thiocarbonyl (C=S) groups is 1. The average Bonchev–Trinajstić information content (AvgIpc) is 3.01. The average molecular weight is 452 g/mol.